The van der Waals surface area contributed by atoms with Gasteiger partial charge in [0.2, 0.25) is 0 Å². The highest BCUT2D eigenvalue weighted by atomic mass is 19.4. The lowest BCUT2D eigenvalue weighted by atomic mass is 10.1. The van der Waals surface area contributed by atoms with E-state index in [0.29, 0.717) is 17.2 Å². The number of anilines is 1. The molecule has 0 spiro atoms. The molecule has 0 radical (unpaired) electrons. The summed E-state index contributed by atoms with van der Waals surface area (Å²) >= 11 is 0. The van der Waals surface area contributed by atoms with Crippen molar-refractivity contribution in [1.29, 1.82) is 0 Å². The lowest BCUT2D eigenvalue weighted by molar-refractivity contribution is -0.139. The Kier molecular flexibility index (Phi) is 9.74. The number of benzene rings is 3. The van der Waals surface area contributed by atoms with Gasteiger partial charge in [-0.1, -0.05) is 42.5 Å². The third kappa shape index (κ3) is 7.26. The molecule has 1 saturated heterocycles. The van der Waals surface area contributed by atoms with E-state index in [0.717, 1.165) is 33.4 Å². The van der Waals surface area contributed by atoms with Crippen LogP contribution in [0.1, 0.15) is 39.6 Å². The molecule has 5 rings (SSSR count). The Labute approximate surface area is 270 Å². The van der Waals surface area contributed by atoms with Gasteiger partial charge in [0.1, 0.15) is 17.3 Å². The van der Waals surface area contributed by atoms with E-state index in [1.54, 1.807) is 35.2 Å². The maximum atomic E-state index is 14.9. The summed E-state index contributed by atoms with van der Waals surface area (Å²) in [5.74, 6) is -2.06. The number of hydrogen-bond donors (Lipinski definition) is 2. The number of phenols is 1. The summed E-state index contributed by atoms with van der Waals surface area (Å²) in [7, 11) is 0. The van der Waals surface area contributed by atoms with E-state index in [1.165, 1.54) is 13.0 Å². The van der Waals surface area contributed by atoms with Crippen molar-refractivity contribution in [2.75, 3.05) is 31.1 Å². The predicted molar refractivity (Wildman–Crippen MR) is 164 cm³/mol. The fourth-order valence-corrected chi connectivity index (χ4v) is 5.94. The van der Waals surface area contributed by atoms with E-state index in [-0.39, 0.29) is 50.6 Å². The maximum Gasteiger partial charge on any atom is 0.419 e. The zero-order valence-electron chi connectivity index (χ0n) is 25.7. The SMILES string of the molecule is Cc1c(N2CCN(Cc3ccc(O)c(C(F)(F)F)c3)CC2)c(=O)n(C[C@H](N)c2ccccc2)c(=O)n1Cc1c(F)cccc1C(F)(F)F. The zero-order valence-corrected chi connectivity index (χ0v) is 25.7. The predicted octanol–water partition coefficient (Wildman–Crippen LogP) is 5.27. The Balaban J connectivity index is 1.50. The topological polar surface area (TPSA) is 96.7 Å². The van der Waals surface area contributed by atoms with Crippen LogP contribution in [-0.4, -0.2) is 45.3 Å². The number of nitrogens with two attached hydrogens (primary N) is 1. The molecule has 3 aromatic carbocycles. The van der Waals surface area contributed by atoms with Crippen LogP contribution in [0.3, 0.4) is 0 Å². The zero-order chi connectivity index (χ0) is 35.0. The van der Waals surface area contributed by atoms with Gasteiger partial charge in [-0.3, -0.25) is 18.8 Å². The number of alkyl halides is 6. The van der Waals surface area contributed by atoms with E-state index in [9.17, 15) is 45.4 Å². The second-order valence-corrected chi connectivity index (χ2v) is 11.6. The third-order valence-corrected chi connectivity index (χ3v) is 8.47. The summed E-state index contributed by atoms with van der Waals surface area (Å²) < 4.78 is 98.3. The summed E-state index contributed by atoms with van der Waals surface area (Å²) in [6.45, 7) is 1.27. The summed E-state index contributed by atoms with van der Waals surface area (Å²) in [6.07, 6.45) is -9.66. The summed E-state index contributed by atoms with van der Waals surface area (Å²) in [6, 6.07) is 13.5. The molecule has 0 bridgehead atoms. The van der Waals surface area contributed by atoms with Crippen LogP contribution < -0.4 is 21.9 Å². The first-order valence-electron chi connectivity index (χ1n) is 14.9. The Hall–Kier alpha value is -4.63. The average molecular weight is 680 g/mol. The molecule has 4 aromatic rings. The first-order valence-corrected chi connectivity index (χ1v) is 14.9. The first kappa shape index (κ1) is 34.7. The molecule has 1 aliphatic heterocycles. The van der Waals surface area contributed by atoms with Crippen LogP contribution in [0.2, 0.25) is 0 Å². The van der Waals surface area contributed by atoms with E-state index in [1.807, 2.05) is 4.90 Å². The number of hydrogen-bond acceptors (Lipinski definition) is 6. The molecule has 48 heavy (non-hydrogen) atoms. The Morgan fingerprint density at radius 2 is 1.46 bits per heavy atom. The largest absolute Gasteiger partial charge is 0.507 e. The fourth-order valence-electron chi connectivity index (χ4n) is 5.94. The van der Waals surface area contributed by atoms with Crippen molar-refractivity contribution in [3.63, 3.8) is 0 Å². The van der Waals surface area contributed by atoms with Gasteiger partial charge in [0.05, 0.1) is 24.2 Å². The molecule has 1 aliphatic rings. The Morgan fingerprint density at radius 3 is 2.08 bits per heavy atom. The highest BCUT2D eigenvalue weighted by Crippen LogP contribution is 2.37. The van der Waals surface area contributed by atoms with Gasteiger partial charge in [0.25, 0.3) is 5.56 Å². The lowest BCUT2D eigenvalue weighted by Gasteiger charge is -2.37. The van der Waals surface area contributed by atoms with Crippen LogP contribution in [0.25, 0.3) is 0 Å². The molecule has 3 N–H and O–H groups in total. The number of phenolic OH excluding ortho intramolecular Hbond substituents is 1. The van der Waals surface area contributed by atoms with Gasteiger partial charge >= 0.3 is 18.0 Å². The van der Waals surface area contributed by atoms with Crippen molar-refractivity contribution in [3.05, 3.63) is 127 Å². The molecule has 8 nitrogen and oxygen atoms in total. The molecule has 0 unspecified atom stereocenters. The molecule has 1 atom stereocenters. The van der Waals surface area contributed by atoms with Crippen molar-refractivity contribution < 1.29 is 35.8 Å². The van der Waals surface area contributed by atoms with Crippen LogP contribution in [0, 0.1) is 12.7 Å². The summed E-state index contributed by atoms with van der Waals surface area (Å²) in [5.41, 5.74) is 2.42. The number of aromatic hydroxyl groups is 1. The monoisotopic (exact) mass is 679 g/mol. The molecule has 2 heterocycles. The van der Waals surface area contributed by atoms with Gasteiger partial charge in [0, 0.05) is 50.0 Å². The molecule has 256 valence electrons. The van der Waals surface area contributed by atoms with Crippen LogP contribution in [-0.2, 0) is 32.0 Å². The average Bonchev–Trinajstić information content (AvgIpc) is 3.03. The van der Waals surface area contributed by atoms with E-state index in [2.05, 4.69) is 0 Å². The van der Waals surface area contributed by atoms with Crippen molar-refractivity contribution >= 4 is 5.69 Å². The number of rotatable bonds is 8. The number of halogens is 7. The number of piperazine rings is 1. The van der Waals surface area contributed by atoms with Crippen LogP contribution in [0.15, 0.2) is 76.3 Å². The van der Waals surface area contributed by atoms with Crippen LogP contribution in [0.4, 0.5) is 36.4 Å². The van der Waals surface area contributed by atoms with Crippen molar-refractivity contribution in [1.82, 2.24) is 14.0 Å². The molecule has 1 fully saturated rings. The Morgan fingerprint density at radius 1 is 0.812 bits per heavy atom. The smallest absolute Gasteiger partial charge is 0.419 e. The molecule has 0 amide bonds. The molecule has 15 heteroatoms. The van der Waals surface area contributed by atoms with Gasteiger partial charge in [-0.15, -0.1) is 0 Å². The summed E-state index contributed by atoms with van der Waals surface area (Å²) in [5, 5.41) is 9.66. The molecule has 0 aliphatic carbocycles. The van der Waals surface area contributed by atoms with E-state index < -0.39 is 64.4 Å². The normalized spacial score (nSPS) is 15.1. The third-order valence-electron chi connectivity index (χ3n) is 8.47. The van der Waals surface area contributed by atoms with Gasteiger partial charge < -0.3 is 15.7 Å². The Bertz CT molecular complexity index is 1900. The summed E-state index contributed by atoms with van der Waals surface area (Å²) in [4.78, 5) is 31.3. The second-order valence-electron chi connectivity index (χ2n) is 11.6. The minimum atomic E-state index is -4.92. The molecule has 1 aromatic heterocycles. The molecule has 0 saturated carbocycles. The highest BCUT2D eigenvalue weighted by Gasteiger charge is 2.36. The van der Waals surface area contributed by atoms with E-state index >= 15 is 0 Å². The van der Waals surface area contributed by atoms with Crippen molar-refractivity contribution in [2.45, 2.75) is 45.0 Å². The standard InChI is InChI=1S/C33H32F7N5O3/c1-20-29(43-14-12-42(13-15-43)17-21-10-11-28(46)25(16-21)33(38,39)40)30(47)45(19-27(41)22-6-3-2-4-7-22)31(48)44(20)18-23-24(32(35,36)37)8-5-9-26(23)34/h2-11,16,27,46H,12-15,17-19,41H2,1H3/t27-/m0/s1. The van der Waals surface area contributed by atoms with Gasteiger partial charge in [0.15, 0.2) is 0 Å². The quantitative estimate of drug-likeness (QED) is 0.247. The van der Waals surface area contributed by atoms with Crippen molar-refractivity contribution in [3.8, 4) is 5.75 Å². The molecular formula is C33H32F7N5O3. The second kappa shape index (κ2) is 13.5. The fraction of sp³-hybridized carbons (Fsp3) is 0.333. The number of aromatic nitrogens is 2. The van der Waals surface area contributed by atoms with Gasteiger partial charge in [-0.2, -0.15) is 26.3 Å². The van der Waals surface area contributed by atoms with Crippen LogP contribution in [0.5, 0.6) is 5.75 Å². The van der Waals surface area contributed by atoms with Gasteiger partial charge in [-0.05, 0) is 42.3 Å². The lowest BCUT2D eigenvalue weighted by Crippen LogP contribution is -2.51. The minimum absolute atomic E-state index is 0.0170. The highest BCUT2D eigenvalue weighted by molar-refractivity contribution is 5.50. The maximum absolute atomic E-state index is 14.9. The molecular weight excluding hydrogens is 647 g/mol. The van der Waals surface area contributed by atoms with E-state index in [4.69, 9.17) is 5.73 Å². The van der Waals surface area contributed by atoms with Gasteiger partial charge in [-0.25, -0.2) is 9.18 Å². The van der Waals surface area contributed by atoms with Crippen LogP contribution >= 0.6 is 0 Å². The number of nitrogens with zero attached hydrogens (tertiary/aromatic N) is 4. The van der Waals surface area contributed by atoms with Crippen molar-refractivity contribution in [2.24, 2.45) is 5.73 Å². The first-order chi connectivity index (χ1) is 22.6. The minimum Gasteiger partial charge on any atom is -0.507 e.